The lowest BCUT2D eigenvalue weighted by Gasteiger charge is -2.22. The van der Waals surface area contributed by atoms with Crippen LogP contribution in [0.1, 0.15) is 56.8 Å². The smallest absolute Gasteiger partial charge is 0.250 e. The van der Waals surface area contributed by atoms with E-state index in [0.29, 0.717) is 0 Å². The number of benzene rings is 1. The Balaban J connectivity index is 0.00000363. The van der Waals surface area contributed by atoms with Crippen molar-refractivity contribution in [3.8, 4) is 0 Å². The fourth-order valence-corrected chi connectivity index (χ4v) is 4.06. The number of anilines is 1. The second-order valence-electron chi connectivity index (χ2n) is 8.28. The quantitative estimate of drug-likeness (QED) is 0.209. The van der Waals surface area contributed by atoms with Crippen LogP contribution in [0, 0.1) is 6.92 Å². The summed E-state index contributed by atoms with van der Waals surface area (Å²) in [4.78, 5) is 19.2. The summed E-state index contributed by atoms with van der Waals surface area (Å²) in [5.74, 6) is 0.842. The van der Waals surface area contributed by atoms with E-state index >= 15 is 0 Å². The maximum absolute atomic E-state index is 12.0. The predicted octanol–water partition coefficient (Wildman–Crippen LogP) is 4.47. The van der Waals surface area contributed by atoms with Crippen molar-refractivity contribution < 1.29 is 0 Å². The van der Waals surface area contributed by atoms with Crippen molar-refractivity contribution >= 4 is 35.6 Å². The molecule has 7 heteroatoms. The molecule has 32 heavy (non-hydrogen) atoms. The molecule has 1 aromatic heterocycles. The van der Waals surface area contributed by atoms with Gasteiger partial charge in [0.2, 0.25) is 0 Å². The third-order valence-corrected chi connectivity index (χ3v) is 5.87. The predicted molar refractivity (Wildman–Crippen MR) is 146 cm³/mol. The minimum atomic E-state index is 0. The molecule has 0 radical (unpaired) electrons. The molecule has 1 fully saturated rings. The summed E-state index contributed by atoms with van der Waals surface area (Å²) >= 11 is 0. The molecule has 2 aromatic rings. The Morgan fingerprint density at radius 1 is 1.12 bits per heavy atom. The Kier molecular flexibility index (Phi) is 11.1. The van der Waals surface area contributed by atoms with Crippen molar-refractivity contribution in [1.82, 2.24) is 15.2 Å². The number of aryl methyl sites for hydroxylation is 1. The summed E-state index contributed by atoms with van der Waals surface area (Å²) in [5, 5.41) is 6.90. The van der Waals surface area contributed by atoms with Crippen LogP contribution in [0.4, 0.5) is 5.69 Å². The summed E-state index contributed by atoms with van der Waals surface area (Å²) in [6.45, 7) is 10.9. The minimum absolute atomic E-state index is 0. The van der Waals surface area contributed by atoms with E-state index in [0.717, 1.165) is 57.2 Å². The lowest BCUT2D eigenvalue weighted by Crippen LogP contribution is -2.38. The van der Waals surface area contributed by atoms with Gasteiger partial charge in [0.25, 0.3) is 5.56 Å². The Hall–Kier alpha value is -2.03. The molecule has 2 N–H and O–H groups in total. The first-order valence-corrected chi connectivity index (χ1v) is 11.6. The number of hydrogen-bond acceptors (Lipinski definition) is 3. The first-order valence-electron chi connectivity index (χ1n) is 11.6. The fraction of sp³-hybridized carbons (Fsp3) is 0.520. The van der Waals surface area contributed by atoms with Crippen molar-refractivity contribution in [1.29, 1.82) is 0 Å². The van der Waals surface area contributed by atoms with E-state index in [9.17, 15) is 4.79 Å². The van der Waals surface area contributed by atoms with Gasteiger partial charge in [-0.05, 0) is 70.2 Å². The Bertz CT molecular complexity index is 921. The lowest BCUT2D eigenvalue weighted by molar-refractivity contribution is 0.584. The molecule has 176 valence electrons. The molecular formula is C25H38IN5O. The van der Waals surface area contributed by atoms with Crippen LogP contribution >= 0.6 is 24.0 Å². The molecule has 1 unspecified atom stereocenters. The highest BCUT2D eigenvalue weighted by molar-refractivity contribution is 14.0. The van der Waals surface area contributed by atoms with Gasteiger partial charge in [0.05, 0.1) is 6.04 Å². The second-order valence-corrected chi connectivity index (χ2v) is 8.28. The average molecular weight is 552 g/mol. The highest BCUT2D eigenvalue weighted by Gasteiger charge is 2.14. The molecule has 0 aliphatic carbocycles. The Morgan fingerprint density at radius 3 is 2.59 bits per heavy atom. The van der Waals surface area contributed by atoms with Crippen LogP contribution in [-0.4, -0.2) is 36.7 Å². The monoisotopic (exact) mass is 551 g/mol. The average Bonchev–Trinajstić information content (AvgIpc) is 3.30. The van der Waals surface area contributed by atoms with E-state index in [1.54, 1.807) is 6.07 Å². The maximum Gasteiger partial charge on any atom is 0.250 e. The van der Waals surface area contributed by atoms with Gasteiger partial charge in [-0.25, -0.2) is 0 Å². The Labute approximate surface area is 209 Å². The normalized spacial score (nSPS) is 14.7. The zero-order valence-corrected chi connectivity index (χ0v) is 22.0. The number of nitrogens with one attached hydrogen (secondary N) is 2. The molecule has 1 saturated heterocycles. The maximum atomic E-state index is 12.0. The number of aromatic nitrogens is 1. The van der Waals surface area contributed by atoms with Gasteiger partial charge >= 0.3 is 0 Å². The number of aliphatic imine (C=N–C) groups is 1. The molecule has 6 nitrogen and oxygen atoms in total. The van der Waals surface area contributed by atoms with E-state index in [2.05, 4.69) is 53.6 Å². The van der Waals surface area contributed by atoms with Gasteiger partial charge in [-0.15, -0.1) is 24.0 Å². The number of halogens is 1. The van der Waals surface area contributed by atoms with Crippen molar-refractivity contribution in [3.05, 3.63) is 64.1 Å². The number of unbranched alkanes of at least 4 members (excludes halogenated alkanes) is 1. The molecule has 1 aromatic carbocycles. The molecule has 0 amide bonds. The van der Waals surface area contributed by atoms with E-state index in [-0.39, 0.29) is 35.6 Å². The van der Waals surface area contributed by atoms with Crippen LogP contribution in [0.5, 0.6) is 0 Å². The number of rotatable bonds is 9. The first kappa shape index (κ1) is 26.2. The topological polar surface area (TPSA) is 61.7 Å². The SMILES string of the molecule is CCNC(=NCCCCn1c(C)cccc1=O)NC(C)c1cccc(N2CCCC2)c1.I. The number of guanidine groups is 1. The molecular weight excluding hydrogens is 513 g/mol. The van der Waals surface area contributed by atoms with E-state index in [1.165, 1.54) is 24.1 Å². The summed E-state index contributed by atoms with van der Waals surface area (Å²) in [7, 11) is 0. The van der Waals surface area contributed by atoms with Crippen molar-refractivity contribution in [2.75, 3.05) is 31.1 Å². The van der Waals surface area contributed by atoms with Crippen molar-refractivity contribution in [2.45, 2.75) is 59.0 Å². The van der Waals surface area contributed by atoms with Crippen LogP contribution in [0.3, 0.4) is 0 Å². The molecule has 1 aliphatic heterocycles. The number of hydrogen-bond donors (Lipinski definition) is 2. The molecule has 2 heterocycles. The van der Waals surface area contributed by atoms with E-state index in [1.807, 2.05) is 23.6 Å². The van der Waals surface area contributed by atoms with Gasteiger partial charge in [-0.2, -0.15) is 0 Å². The summed E-state index contributed by atoms with van der Waals surface area (Å²) in [6.07, 6.45) is 4.44. The van der Waals surface area contributed by atoms with Gasteiger partial charge in [0.15, 0.2) is 5.96 Å². The number of pyridine rings is 1. The third-order valence-electron chi connectivity index (χ3n) is 5.87. The van der Waals surface area contributed by atoms with Gasteiger partial charge < -0.3 is 20.1 Å². The van der Waals surface area contributed by atoms with Crippen molar-refractivity contribution in [3.63, 3.8) is 0 Å². The highest BCUT2D eigenvalue weighted by atomic mass is 127. The third kappa shape index (κ3) is 7.53. The minimum Gasteiger partial charge on any atom is -0.372 e. The summed E-state index contributed by atoms with van der Waals surface area (Å²) < 4.78 is 1.84. The van der Waals surface area contributed by atoms with Crippen LogP contribution in [0.15, 0.2) is 52.3 Å². The van der Waals surface area contributed by atoms with Crippen LogP contribution in [-0.2, 0) is 6.54 Å². The van der Waals surface area contributed by atoms with Gasteiger partial charge in [0.1, 0.15) is 0 Å². The molecule has 0 saturated carbocycles. The molecule has 1 aliphatic rings. The van der Waals surface area contributed by atoms with Crippen LogP contribution in [0.25, 0.3) is 0 Å². The standard InChI is InChI=1S/C25H37N5O.HI/c1-4-26-25(27-15-5-6-18-30-20(2)11-9-14-24(30)31)28-21(3)22-12-10-13-23(19-22)29-16-7-8-17-29;/h9-14,19,21H,4-8,15-18H2,1-3H3,(H2,26,27,28);1H. The highest BCUT2D eigenvalue weighted by Crippen LogP contribution is 2.23. The lowest BCUT2D eigenvalue weighted by atomic mass is 10.1. The zero-order valence-electron chi connectivity index (χ0n) is 19.6. The summed E-state index contributed by atoms with van der Waals surface area (Å²) in [6, 6.07) is 14.4. The van der Waals surface area contributed by atoms with Gasteiger partial charge in [0, 0.05) is 50.2 Å². The molecule has 1 atom stereocenters. The van der Waals surface area contributed by atoms with Crippen LogP contribution < -0.4 is 21.1 Å². The van der Waals surface area contributed by atoms with Gasteiger partial charge in [-0.1, -0.05) is 18.2 Å². The van der Waals surface area contributed by atoms with E-state index in [4.69, 9.17) is 4.99 Å². The Morgan fingerprint density at radius 2 is 1.88 bits per heavy atom. The molecule has 0 bridgehead atoms. The van der Waals surface area contributed by atoms with E-state index < -0.39 is 0 Å². The number of nitrogens with zero attached hydrogens (tertiary/aromatic N) is 3. The first-order chi connectivity index (χ1) is 15.1. The fourth-order valence-electron chi connectivity index (χ4n) is 4.06. The molecule has 3 rings (SSSR count). The van der Waals surface area contributed by atoms with Crippen molar-refractivity contribution in [2.24, 2.45) is 4.99 Å². The van der Waals surface area contributed by atoms with Crippen LogP contribution in [0.2, 0.25) is 0 Å². The zero-order chi connectivity index (χ0) is 22.1. The second kappa shape index (κ2) is 13.5. The molecule has 0 spiro atoms. The summed E-state index contributed by atoms with van der Waals surface area (Å²) in [5.41, 5.74) is 3.67. The van der Waals surface area contributed by atoms with Gasteiger partial charge in [-0.3, -0.25) is 9.79 Å². The largest absolute Gasteiger partial charge is 0.372 e.